The van der Waals surface area contributed by atoms with Gasteiger partial charge in [0.05, 0.1) is 6.61 Å². The second-order valence-corrected chi connectivity index (χ2v) is 4.01. The van der Waals surface area contributed by atoms with Crippen LogP contribution in [0.4, 0.5) is 5.69 Å². The highest BCUT2D eigenvalue weighted by atomic mass is 79.9. The van der Waals surface area contributed by atoms with Crippen LogP contribution in [0, 0.1) is 0 Å². The predicted molar refractivity (Wildman–Crippen MR) is 67.0 cm³/mol. The molecule has 0 unspecified atom stereocenters. The van der Waals surface area contributed by atoms with Gasteiger partial charge in [-0.2, -0.15) is 0 Å². The van der Waals surface area contributed by atoms with E-state index < -0.39 is 5.97 Å². The van der Waals surface area contributed by atoms with E-state index >= 15 is 0 Å². The second-order valence-electron chi connectivity index (χ2n) is 2.68. The van der Waals surface area contributed by atoms with Crippen LogP contribution in [0.2, 0.25) is 0 Å². The molecule has 3 nitrogen and oxygen atoms in total. The number of benzene rings is 1. The number of hydrogen-bond donors (Lipinski definition) is 1. The Labute approximate surface area is 102 Å². The number of anilines is 1. The molecule has 0 radical (unpaired) electrons. The molecule has 0 bridgehead atoms. The minimum Gasteiger partial charge on any atom is -0.461 e. The normalized spacial score (nSPS) is 9.47. The van der Waals surface area contributed by atoms with Crippen molar-refractivity contribution in [2.75, 3.05) is 11.9 Å². The first kappa shape index (κ1) is 12.1. The van der Waals surface area contributed by atoms with E-state index in [9.17, 15) is 4.79 Å². The molecule has 1 N–H and O–H groups in total. The number of esters is 1. The lowest BCUT2D eigenvalue weighted by Gasteiger charge is -2.06. The average molecular weight is 288 g/mol. The smallest absolute Gasteiger partial charge is 0.366 e. The summed E-state index contributed by atoms with van der Waals surface area (Å²) >= 11 is 8.17. The molecule has 15 heavy (non-hydrogen) atoms. The van der Waals surface area contributed by atoms with Crippen molar-refractivity contribution in [1.82, 2.24) is 0 Å². The van der Waals surface area contributed by atoms with Crippen LogP contribution in [0.1, 0.15) is 6.92 Å². The summed E-state index contributed by atoms with van der Waals surface area (Å²) in [4.78, 5) is 11.2. The molecule has 0 amide bonds. The zero-order valence-corrected chi connectivity index (χ0v) is 10.5. The van der Waals surface area contributed by atoms with Crippen LogP contribution in [-0.2, 0) is 9.53 Å². The number of nitrogens with one attached hydrogen (secondary N) is 1. The van der Waals surface area contributed by atoms with E-state index in [0.29, 0.717) is 6.61 Å². The van der Waals surface area contributed by atoms with Gasteiger partial charge in [0.1, 0.15) is 0 Å². The van der Waals surface area contributed by atoms with Crippen molar-refractivity contribution >= 4 is 44.8 Å². The molecular formula is C10H10BrNO2S. The summed E-state index contributed by atoms with van der Waals surface area (Å²) in [5.74, 6) is -0.504. The Morgan fingerprint density at radius 2 is 2.07 bits per heavy atom. The molecule has 0 fully saturated rings. The van der Waals surface area contributed by atoms with Gasteiger partial charge in [-0.25, -0.2) is 4.79 Å². The van der Waals surface area contributed by atoms with Gasteiger partial charge in [0.25, 0.3) is 0 Å². The lowest BCUT2D eigenvalue weighted by molar-refractivity contribution is -0.134. The fourth-order valence-electron chi connectivity index (χ4n) is 0.912. The summed E-state index contributed by atoms with van der Waals surface area (Å²) < 4.78 is 5.72. The zero-order valence-electron chi connectivity index (χ0n) is 8.12. The maximum Gasteiger partial charge on any atom is 0.366 e. The second kappa shape index (κ2) is 5.82. The molecule has 0 spiro atoms. The first-order valence-electron chi connectivity index (χ1n) is 4.37. The summed E-state index contributed by atoms with van der Waals surface area (Å²) in [6, 6.07) is 7.34. The Bertz CT molecular complexity index is 364. The van der Waals surface area contributed by atoms with Crippen LogP contribution in [-0.4, -0.2) is 17.6 Å². The van der Waals surface area contributed by atoms with Gasteiger partial charge in [0, 0.05) is 10.2 Å². The minimum atomic E-state index is -0.504. The number of hydrogen-bond acceptors (Lipinski definition) is 3. The molecule has 5 heteroatoms. The van der Waals surface area contributed by atoms with Crippen molar-refractivity contribution < 1.29 is 9.53 Å². The molecule has 0 aliphatic heterocycles. The van der Waals surface area contributed by atoms with Crippen molar-refractivity contribution in [3.8, 4) is 0 Å². The first-order valence-corrected chi connectivity index (χ1v) is 5.57. The summed E-state index contributed by atoms with van der Waals surface area (Å²) in [7, 11) is 0. The molecule has 0 aliphatic rings. The molecule has 0 heterocycles. The number of rotatable bonds is 2. The van der Waals surface area contributed by atoms with E-state index in [-0.39, 0.29) is 4.99 Å². The van der Waals surface area contributed by atoms with Crippen molar-refractivity contribution in [1.29, 1.82) is 0 Å². The lowest BCUT2D eigenvalue weighted by Crippen LogP contribution is -2.22. The number of carbonyl (C=O) groups is 1. The van der Waals surface area contributed by atoms with E-state index in [1.807, 2.05) is 24.3 Å². The van der Waals surface area contributed by atoms with Crippen LogP contribution in [0.15, 0.2) is 28.7 Å². The Balaban J connectivity index is 2.58. The fourth-order valence-corrected chi connectivity index (χ4v) is 1.35. The molecule has 0 atom stereocenters. The number of halogens is 1. The van der Waals surface area contributed by atoms with Gasteiger partial charge in [-0.3, -0.25) is 0 Å². The maximum atomic E-state index is 11.2. The van der Waals surface area contributed by atoms with Gasteiger partial charge in [0.2, 0.25) is 0 Å². The molecule has 1 aromatic carbocycles. The third-order valence-corrected chi connectivity index (χ3v) is 2.36. The van der Waals surface area contributed by atoms with Crippen LogP contribution >= 0.6 is 28.1 Å². The van der Waals surface area contributed by atoms with Crippen LogP contribution in [0.3, 0.4) is 0 Å². The SMILES string of the molecule is CCOC(=O)C(=S)Nc1ccc(Br)cc1. The molecule has 80 valence electrons. The average Bonchev–Trinajstić information content (AvgIpc) is 2.22. The molecular weight excluding hydrogens is 278 g/mol. The Morgan fingerprint density at radius 3 is 2.60 bits per heavy atom. The number of thiocarbonyl (C=S) groups is 1. The topological polar surface area (TPSA) is 38.3 Å². The van der Waals surface area contributed by atoms with Gasteiger partial charge >= 0.3 is 5.97 Å². The van der Waals surface area contributed by atoms with Gasteiger partial charge in [0.15, 0.2) is 4.99 Å². The number of carbonyl (C=O) groups excluding carboxylic acids is 1. The molecule has 1 aromatic rings. The van der Waals surface area contributed by atoms with Crippen molar-refractivity contribution in [2.45, 2.75) is 6.92 Å². The Kier molecular flexibility index (Phi) is 4.71. The highest BCUT2D eigenvalue weighted by Gasteiger charge is 2.09. The third kappa shape index (κ3) is 3.97. The van der Waals surface area contributed by atoms with E-state index in [2.05, 4.69) is 21.2 Å². The lowest BCUT2D eigenvalue weighted by atomic mass is 10.3. The molecule has 0 aromatic heterocycles. The Hall–Kier alpha value is -0.940. The third-order valence-electron chi connectivity index (χ3n) is 1.56. The van der Waals surface area contributed by atoms with Gasteiger partial charge in [-0.15, -0.1) is 0 Å². The molecule has 1 rings (SSSR count). The van der Waals surface area contributed by atoms with Gasteiger partial charge < -0.3 is 10.1 Å². The van der Waals surface area contributed by atoms with E-state index in [1.54, 1.807) is 6.92 Å². The van der Waals surface area contributed by atoms with E-state index in [0.717, 1.165) is 10.2 Å². The van der Waals surface area contributed by atoms with Gasteiger partial charge in [-0.1, -0.05) is 28.1 Å². The van der Waals surface area contributed by atoms with E-state index in [4.69, 9.17) is 17.0 Å². The maximum absolute atomic E-state index is 11.2. The first-order chi connectivity index (χ1) is 7.13. The predicted octanol–water partition coefficient (Wildman–Crippen LogP) is 2.75. The van der Waals surface area contributed by atoms with Crippen LogP contribution in [0.5, 0.6) is 0 Å². The highest BCUT2D eigenvalue weighted by molar-refractivity contribution is 9.10. The van der Waals surface area contributed by atoms with Crippen LogP contribution in [0.25, 0.3) is 0 Å². The standard InChI is InChI=1S/C10H10BrNO2S/c1-2-14-10(13)9(15)12-8-5-3-7(11)4-6-8/h3-6H,2H2,1H3,(H,12,15). The quantitative estimate of drug-likeness (QED) is 0.671. The van der Waals surface area contributed by atoms with Crippen LogP contribution < -0.4 is 5.32 Å². The highest BCUT2D eigenvalue weighted by Crippen LogP contribution is 2.14. The van der Waals surface area contributed by atoms with Crippen molar-refractivity contribution in [3.05, 3.63) is 28.7 Å². The number of ether oxygens (including phenoxy) is 1. The Morgan fingerprint density at radius 1 is 1.47 bits per heavy atom. The fraction of sp³-hybridized carbons (Fsp3) is 0.200. The summed E-state index contributed by atoms with van der Waals surface area (Å²) in [6.07, 6.45) is 0. The van der Waals surface area contributed by atoms with Crippen molar-refractivity contribution in [2.24, 2.45) is 0 Å². The molecule has 0 aliphatic carbocycles. The monoisotopic (exact) mass is 287 g/mol. The van der Waals surface area contributed by atoms with Gasteiger partial charge in [-0.05, 0) is 31.2 Å². The van der Waals surface area contributed by atoms with Crippen molar-refractivity contribution in [3.63, 3.8) is 0 Å². The zero-order chi connectivity index (χ0) is 11.3. The minimum absolute atomic E-state index is 0.0687. The molecule has 0 saturated carbocycles. The van der Waals surface area contributed by atoms with E-state index in [1.165, 1.54) is 0 Å². The summed E-state index contributed by atoms with van der Waals surface area (Å²) in [5.41, 5.74) is 0.760. The summed E-state index contributed by atoms with van der Waals surface area (Å²) in [5, 5.41) is 2.79. The largest absolute Gasteiger partial charge is 0.461 e. The molecule has 0 saturated heterocycles. The summed E-state index contributed by atoms with van der Waals surface area (Å²) in [6.45, 7) is 2.06.